The van der Waals surface area contributed by atoms with Gasteiger partial charge in [-0.15, -0.1) is 0 Å². The van der Waals surface area contributed by atoms with Gasteiger partial charge < -0.3 is 25.2 Å². The lowest BCUT2D eigenvalue weighted by Gasteiger charge is -2.41. The van der Waals surface area contributed by atoms with Crippen molar-refractivity contribution in [2.75, 3.05) is 57.8 Å². The van der Waals surface area contributed by atoms with Gasteiger partial charge in [0.2, 0.25) is 0 Å². The van der Waals surface area contributed by atoms with Gasteiger partial charge in [-0.2, -0.15) is 5.10 Å². The van der Waals surface area contributed by atoms with Crippen LogP contribution in [0.25, 0.3) is 5.52 Å². The molecule has 1 atom stereocenters. The second kappa shape index (κ2) is 9.99. The summed E-state index contributed by atoms with van der Waals surface area (Å²) in [6.45, 7) is 9.69. The van der Waals surface area contributed by atoms with Crippen LogP contribution in [0.5, 0.6) is 0 Å². The second-order valence-corrected chi connectivity index (χ2v) is 10.1. The van der Waals surface area contributed by atoms with Crippen LogP contribution in [0.2, 0.25) is 0 Å². The fourth-order valence-electron chi connectivity index (χ4n) is 5.52. The summed E-state index contributed by atoms with van der Waals surface area (Å²) in [7, 11) is 1.84. The third kappa shape index (κ3) is 4.79. The van der Waals surface area contributed by atoms with E-state index in [0.717, 1.165) is 68.0 Å². The summed E-state index contributed by atoms with van der Waals surface area (Å²) in [5, 5.41) is 11.0. The van der Waals surface area contributed by atoms with E-state index in [9.17, 15) is 4.79 Å². The Labute approximate surface area is 207 Å². The van der Waals surface area contributed by atoms with Crippen molar-refractivity contribution in [1.82, 2.24) is 25.1 Å². The van der Waals surface area contributed by atoms with Crippen molar-refractivity contribution in [3.63, 3.8) is 0 Å². The van der Waals surface area contributed by atoms with E-state index in [1.807, 2.05) is 36.6 Å². The number of methoxy groups -OCH3 is 1. The van der Waals surface area contributed by atoms with Crippen LogP contribution in [0.1, 0.15) is 32.3 Å². The number of piperazine rings is 1. The first-order chi connectivity index (χ1) is 17.0. The van der Waals surface area contributed by atoms with Crippen LogP contribution < -0.4 is 15.5 Å². The number of carbonyl (C=O) groups excluding carboxylic acids is 1. The molecule has 5 heterocycles. The Balaban J connectivity index is 1.30. The van der Waals surface area contributed by atoms with E-state index in [1.165, 1.54) is 0 Å². The minimum Gasteiger partial charge on any atom is -0.377 e. The number of piperidine rings is 1. The van der Waals surface area contributed by atoms with E-state index in [-0.39, 0.29) is 17.7 Å². The molecule has 0 saturated carbocycles. The number of urea groups is 1. The smallest absolute Gasteiger partial charge is 0.317 e. The number of aromatic nitrogens is 2. The number of hydrogen-bond donors (Lipinski definition) is 2. The quantitative estimate of drug-likeness (QED) is 0.688. The number of nitrogens with one attached hydrogen (secondary N) is 2. The molecule has 35 heavy (non-hydrogen) atoms. The first-order valence-electron chi connectivity index (χ1n) is 12.8. The predicted molar refractivity (Wildman–Crippen MR) is 139 cm³/mol. The number of allylic oxidation sites excluding steroid dienone is 1. The highest BCUT2D eigenvalue weighted by Gasteiger charge is 2.39. The minimum absolute atomic E-state index is 0.0182. The van der Waals surface area contributed by atoms with E-state index in [0.29, 0.717) is 19.0 Å². The van der Waals surface area contributed by atoms with Crippen molar-refractivity contribution in [2.24, 2.45) is 10.9 Å². The Morgan fingerprint density at radius 1 is 1.23 bits per heavy atom. The number of aliphatic imine (C=N–C) groups is 1. The summed E-state index contributed by atoms with van der Waals surface area (Å²) < 4.78 is 7.96. The van der Waals surface area contributed by atoms with Crippen LogP contribution in [0, 0.1) is 5.92 Å². The van der Waals surface area contributed by atoms with Gasteiger partial charge in [0, 0.05) is 69.8 Å². The lowest BCUT2D eigenvalue weighted by molar-refractivity contribution is -0.0632. The molecule has 5 rings (SSSR count). The van der Waals surface area contributed by atoms with E-state index < -0.39 is 0 Å². The standard InChI is InChI=1S/C26H37N7O2/c1-19(2)30-25(34)32-14-12-31(13-15-32)23-6-9-29-33-18-20(16-24(23)33)22-5-4-21(17-28-22)26(35-3)7-10-27-11-8-26/h4-6,9,16,18-19,21,27H,7-8,10-15,17H2,1-3H3,(H,30,34). The van der Waals surface area contributed by atoms with Gasteiger partial charge in [0.05, 0.1) is 22.5 Å². The SMILES string of the molecule is COC1(C2C=CC(c3cc4c(N5CCN(C(=O)NC(C)C)CC5)ccnn4c3)=NC2)CCNCC1. The maximum Gasteiger partial charge on any atom is 0.317 e. The predicted octanol–water partition coefficient (Wildman–Crippen LogP) is 2.32. The molecule has 3 aliphatic heterocycles. The van der Waals surface area contributed by atoms with Crippen molar-refractivity contribution in [3.05, 3.63) is 42.2 Å². The van der Waals surface area contributed by atoms with Crippen LogP contribution in [-0.2, 0) is 4.74 Å². The van der Waals surface area contributed by atoms with Crippen LogP contribution in [-0.4, -0.2) is 90.8 Å². The Morgan fingerprint density at radius 2 is 2.00 bits per heavy atom. The zero-order valence-corrected chi connectivity index (χ0v) is 21.0. The van der Waals surface area contributed by atoms with Crippen molar-refractivity contribution in [2.45, 2.75) is 38.3 Å². The fourth-order valence-corrected chi connectivity index (χ4v) is 5.52. The number of carbonyl (C=O) groups is 1. The topological polar surface area (TPSA) is 86.5 Å². The van der Waals surface area contributed by atoms with Gasteiger partial charge in [-0.05, 0) is 58.0 Å². The zero-order valence-electron chi connectivity index (χ0n) is 21.0. The highest BCUT2D eigenvalue weighted by molar-refractivity contribution is 6.10. The summed E-state index contributed by atoms with van der Waals surface area (Å²) in [6.07, 6.45) is 10.4. The van der Waals surface area contributed by atoms with E-state index >= 15 is 0 Å². The molecular weight excluding hydrogens is 442 g/mol. The number of nitrogens with zero attached hydrogens (tertiary/aromatic N) is 5. The Hall–Kier alpha value is -2.91. The normalized spacial score (nSPS) is 22.5. The van der Waals surface area contributed by atoms with Crippen molar-refractivity contribution in [1.29, 1.82) is 0 Å². The monoisotopic (exact) mass is 479 g/mol. The highest BCUT2D eigenvalue weighted by atomic mass is 16.5. The van der Waals surface area contributed by atoms with Gasteiger partial charge in [-0.1, -0.05) is 6.08 Å². The number of fused-ring (bicyclic) bond motifs is 1. The van der Waals surface area contributed by atoms with E-state index in [2.05, 4.69) is 51.1 Å². The number of anilines is 1. The number of dihydropyridines is 1. The highest BCUT2D eigenvalue weighted by Crippen LogP contribution is 2.34. The van der Waals surface area contributed by atoms with Crippen LogP contribution >= 0.6 is 0 Å². The molecule has 9 nitrogen and oxygen atoms in total. The van der Waals surface area contributed by atoms with Gasteiger partial charge in [0.1, 0.15) is 0 Å². The zero-order chi connectivity index (χ0) is 24.4. The third-order valence-corrected chi connectivity index (χ3v) is 7.58. The molecule has 0 aromatic carbocycles. The number of rotatable bonds is 5. The van der Waals surface area contributed by atoms with Crippen LogP contribution in [0.15, 0.2) is 41.7 Å². The van der Waals surface area contributed by atoms with Gasteiger partial charge >= 0.3 is 6.03 Å². The maximum absolute atomic E-state index is 12.4. The Morgan fingerprint density at radius 3 is 2.66 bits per heavy atom. The summed E-state index contributed by atoms with van der Waals surface area (Å²) in [5.41, 5.74) is 4.15. The molecule has 1 unspecified atom stereocenters. The average molecular weight is 480 g/mol. The summed E-state index contributed by atoms with van der Waals surface area (Å²) in [6, 6.07) is 4.41. The Bertz CT molecular complexity index is 1110. The van der Waals surface area contributed by atoms with E-state index in [4.69, 9.17) is 9.73 Å². The van der Waals surface area contributed by atoms with E-state index in [1.54, 1.807) is 0 Å². The summed E-state index contributed by atoms with van der Waals surface area (Å²) in [5.74, 6) is 0.299. The van der Waals surface area contributed by atoms with Crippen LogP contribution in [0.3, 0.4) is 0 Å². The lowest BCUT2D eigenvalue weighted by Crippen LogP contribution is -2.53. The number of amides is 2. The van der Waals surface area contributed by atoms with Crippen molar-refractivity contribution >= 4 is 22.9 Å². The molecule has 0 bridgehead atoms. The lowest BCUT2D eigenvalue weighted by atomic mass is 9.78. The van der Waals surface area contributed by atoms with Crippen LogP contribution in [0.4, 0.5) is 10.5 Å². The average Bonchev–Trinajstić information content (AvgIpc) is 3.33. The van der Waals surface area contributed by atoms with Crippen molar-refractivity contribution < 1.29 is 9.53 Å². The molecule has 0 spiro atoms. The summed E-state index contributed by atoms with van der Waals surface area (Å²) >= 11 is 0. The molecule has 188 valence electrons. The molecule has 0 radical (unpaired) electrons. The second-order valence-electron chi connectivity index (χ2n) is 10.1. The van der Waals surface area contributed by atoms with Crippen molar-refractivity contribution in [3.8, 4) is 0 Å². The summed E-state index contributed by atoms with van der Waals surface area (Å²) in [4.78, 5) is 21.6. The third-order valence-electron chi connectivity index (χ3n) is 7.58. The molecule has 0 aliphatic carbocycles. The number of ether oxygens (including phenoxy) is 1. The molecule has 2 amide bonds. The molecule has 2 aromatic rings. The molecule has 9 heteroatoms. The van der Waals surface area contributed by atoms with Gasteiger partial charge in [0.15, 0.2) is 0 Å². The number of hydrogen-bond acceptors (Lipinski definition) is 6. The molecule has 2 saturated heterocycles. The fraction of sp³-hybridized carbons (Fsp3) is 0.577. The van der Waals surface area contributed by atoms with Gasteiger partial charge in [-0.25, -0.2) is 9.31 Å². The first kappa shape index (κ1) is 23.8. The Kier molecular flexibility index (Phi) is 6.80. The largest absolute Gasteiger partial charge is 0.377 e. The molecule has 3 aliphatic rings. The van der Waals surface area contributed by atoms with Gasteiger partial charge in [-0.3, -0.25) is 4.99 Å². The van der Waals surface area contributed by atoms with Gasteiger partial charge in [0.25, 0.3) is 0 Å². The molecule has 2 N–H and O–H groups in total. The first-order valence-corrected chi connectivity index (χ1v) is 12.8. The minimum atomic E-state index is -0.120. The molecule has 2 aromatic heterocycles. The molecular formula is C26H37N7O2. The molecule has 2 fully saturated rings. The maximum atomic E-state index is 12.4.